The van der Waals surface area contributed by atoms with Crippen LogP contribution in [0.2, 0.25) is 0 Å². The molecular weight excluding hydrogens is 1850 g/mol. The topological polar surface area (TPSA) is 13.0 Å². The maximum atomic E-state index is 2.51. The second-order valence-electron chi connectivity index (χ2n) is 40.5. The minimum atomic E-state index is -0.342. The summed E-state index contributed by atoms with van der Waals surface area (Å²) in [5.41, 5.74) is 44.8. The Morgan fingerprint density at radius 3 is 0.905 bits per heavy atom. The van der Waals surface area contributed by atoms with Crippen molar-refractivity contribution >= 4 is 163 Å². The summed E-state index contributed by atoms with van der Waals surface area (Å²) in [5, 5.41) is 7.80. The van der Waals surface area contributed by atoms with Crippen LogP contribution in [0.4, 0.5) is 68.2 Å². The monoisotopic (exact) mass is 1950 g/mol. The summed E-state index contributed by atoms with van der Waals surface area (Å²) >= 11 is 5.65. The number of nitrogens with zero attached hydrogens (tertiary/aromatic N) is 4. The van der Waals surface area contributed by atoms with E-state index >= 15 is 0 Å². The summed E-state index contributed by atoms with van der Waals surface area (Å²) in [6.45, 7) is 14.1. The van der Waals surface area contributed by atoms with Crippen molar-refractivity contribution in [2.24, 2.45) is 0 Å². The molecule has 0 bridgehead atoms. The van der Waals surface area contributed by atoms with Crippen LogP contribution in [0.3, 0.4) is 0 Å². The molecule has 0 spiro atoms. The fraction of sp³-hybridized carbons (Fsp3) is 0.0638. The van der Waals surface area contributed by atoms with E-state index in [2.05, 4.69) is 559 Å². The van der Waals surface area contributed by atoms with Crippen LogP contribution in [0.15, 0.2) is 497 Å². The van der Waals surface area contributed by atoms with E-state index in [9.17, 15) is 0 Å². The van der Waals surface area contributed by atoms with E-state index in [1.165, 1.54) is 177 Å². The molecule has 0 fully saturated rings. The summed E-state index contributed by atoms with van der Waals surface area (Å²) in [7, 11) is 0. The molecule has 22 aromatic carbocycles. The lowest BCUT2D eigenvalue weighted by Gasteiger charge is -2.28. The Morgan fingerprint density at radius 2 is 0.459 bits per heavy atom. The smallest absolute Gasteiger partial charge is 0.0465 e. The number of thiophene rings is 3. The van der Waals surface area contributed by atoms with Crippen LogP contribution in [0.5, 0.6) is 0 Å². The molecule has 3 aromatic heterocycles. The largest absolute Gasteiger partial charge is 0.311 e. The molecule has 0 amide bonds. The van der Waals surface area contributed by atoms with Crippen molar-refractivity contribution in [3.63, 3.8) is 0 Å². The SMILES string of the molecule is CCc1ccccc1-c1cc(-c2ccc(N(c3ccc(-c4ccc(N(c5ccccc5)c5ccc(-c6ccc7sc8ccccc8c7c6)cc5)cc4)cc3)c3ccc(-c4cc(-c5ccc6c(c5)C(C)(C)c5cc(N(c7ccccc7)c7ccc(-c8ccc(N(c9ccccc9)c9ccc%10c(c9)C(C)(C)c9cc(-c%11cccc%12c%11sc%11ccccc%11%12)ccc9-%10)cc8)cc7)ccc5-6)c5sc6ccccc6c5c4)cc3)cc2)ccc1C. The van der Waals surface area contributed by atoms with Crippen molar-refractivity contribution in [3.05, 3.63) is 531 Å². The van der Waals surface area contributed by atoms with Crippen molar-refractivity contribution < 1.29 is 0 Å². The third-order valence-electron chi connectivity index (χ3n) is 31.2. The first-order chi connectivity index (χ1) is 72.7. The molecule has 0 radical (unpaired) electrons. The van der Waals surface area contributed by atoms with Gasteiger partial charge in [-0.2, -0.15) is 0 Å². The average molecular weight is 1950 g/mol. The fourth-order valence-electron chi connectivity index (χ4n) is 23.5. The number of anilines is 12. The molecule has 25 aromatic rings. The van der Waals surface area contributed by atoms with Crippen molar-refractivity contribution in [2.75, 3.05) is 19.6 Å². The van der Waals surface area contributed by atoms with Gasteiger partial charge in [0.1, 0.15) is 0 Å². The maximum Gasteiger partial charge on any atom is 0.0465 e. The first-order valence-corrected chi connectivity index (χ1v) is 53.8. The quantitative estimate of drug-likeness (QED) is 0.0711. The number of fused-ring (bicyclic) bond motifs is 15. The minimum absolute atomic E-state index is 0.237. The molecule has 0 N–H and O–H groups in total. The third kappa shape index (κ3) is 15.6. The highest BCUT2D eigenvalue weighted by atomic mass is 32.1. The Balaban J connectivity index is 0.478. The second-order valence-corrected chi connectivity index (χ2v) is 43.7. The zero-order chi connectivity index (χ0) is 99.0. The molecule has 0 atom stereocenters. The van der Waals surface area contributed by atoms with Crippen LogP contribution in [-0.2, 0) is 17.3 Å². The minimum Gasteiger partial charge on any atom is -0.311 e. The van der Waals surface area contributed by atoms with Gasteiger partial charge in [-0.25, -0.2) is 0 Å². The molecule has 7 heteroatoms. The third-order valence-corrected chi connectivity index (χ3v) is 34.8. The Labute approximate surface area is 876 Å². The van der Waals surface area contributed by atoms with Crippen LogP contribution in [-0.4, -0.2) is 0 Å². The molecule has 2 aliphatic carbocycles. The summed E-state index contributed by atoms with van der Waals surface area (Å²) < 4.78 is 7.87. The molecule has 0 saturated carbocycles. The Bertz CT molecular complexity index is 9470. The van der Waals surface area contributed by atoms with Crippen LogP contribution >= 0.6 is 34.0 Å². The maximum absolute atomic E-state index is 2.51. The number of hydrogen-bond acceptors (Lipinski definition) is 7. The lowest BCUT2D eigenvalue weighted by molar-refractivity contribution is 0.660. The zero-order valence-corrected chi connectivity index (χ0v) is 85.5. The molecule has 148 heavy (non-hydrogen) atoms. The molecule has 3 heterocycles. The Kier molecular flexibility index (Phi) is 22.1. The van der Waals surface area contributed by atoms with Gasteiger partial charge in [0, 0.05) is 145 Å². The van der Waals surface area contributed by atoms with Gasteiger partial charge >= 0.3 is 0 Å². The van der Waals surface area contributed by atoms with Gasteiger partial charge in [-0.05, 0) is 359 Å². The van der Waals surface area contributed by atoms with Gasteiger partial charge in [-0.3, -0.25) is 0 Å². The molecule has 0 aliphatic heterocycles. The molecule has 2 aliphatic rings. The Morgan fingerprint density at radius 1 is 0.176 bits per heavy atom. The summed E-state index contributed by atoms with van der Waals surface area (Å²) in [5.74, 6) is 0. The van der Waals surface area contributed by atoms with E-state index in [0.717, 1.165) is 102 Å². The van der Waals surface area contributed by atoms with Gasteiger partial charge in [0.15, 0.2) is 0 Å². The van der Waals surface area contributed by atoms with Crippen molar-refractivity contribution in [3.8, 4) is 111 Å². The van der Waals surface area contributed by atoms with E-state index in [1.54, 1.807) is 0 Å². The molecule has 4 nitrogen and oxygen atoms in total. The van der Waals surface area contributed by atoms with Gasteiger partial charge in [0.25, 0.3) is 0 Å². The number of benzene rings is 22. The summed E-state index contributed by atoms with van der Waals surface area (Å²) in [4.78, 5) is 9.59. The summed E-state index contributed by atoms with van der Waals surface area (Å²) in [6.07, 6.45) is 0.971. The molecule has 0 saturated heterocycles. The van der Waals surface area contributed by atoms with Crippen LogP contribution in [0.25, 0.3) is 172 Å². The number of rotatable bonds is 21. The lowest BCUT2D eigenvalue weighted by Crippen LogP contribution is -2.16. The first-order valence-electron chi connectivity index (χ1n) is 51.3. The fourth-order valence-corrected chi connectivity index (χ4v) is 27.0. The molecule has 0 unspecified atom stereocenters. The average Bonchev–Trinajstić information content (AvgIpc) is 1.57. The highest BCUT2D eigenvalue weighted by Gasteiger charge is 2.39. The van der Waals surface area contributed by atoms with Gasteiger partial charge in [0.05, 0.1) is 0 Å². The van der Waals surface area contributed by atoms with E-state index < -0.39 is 0 Å². The van der Waals surface area contributed by atoms with Crippen molar-refractivity contribution in [2.45, 2.75) is 58.8 Å². The molecular formula is C141H102N4S3. The van der Waals surface area contributed by atoms with E-state index in [1.807, 2.05) is 34.0 Å². The van der Waals surface area contributed by atoms with E-state index in [0.29, 0.717) is 0 Å². The Hall–Kier alpha value is -17.3. The highest BCUT2D eigenvalue weighted by Crippen LogP contribution is 2.57. The summed E-state index contributed by atoms with van der Waals surface area (Å²) in [6, 6.07) is 186. The van der Waals surface area contributed by atoms with Crippen LogP contribution < -0.4 is 19.6 Å². The van der Waals surface area contributed by atoms with Crippen LogP contribution in [0, 0.1) is 6.92 Å². The van der Waals surface area contributed by atoms with E-state index in [4.69, 9.17) is 0 Å². The zero-order valence-electron chi connectivity index (χ0n) is 83.1. The lowest BCUT2D eigenvalue weighted by atomic mass is 9.81. The standard InChI is InChI=1S/C141H102N4S3/c1-7-91-26-17-18-33-116(91)126-82-99(43-42-90(126)2)96-52-71-110(72-53-96)143(109-63-46-93(47-64-109)92-44-61-107(62-45-92)142(104-27-11-8-12-28-104)108-69-54-97(55-70-108)100-60-81-137-128(83-100)123-35-20-22-39-134(123)146-137)111-73-56-98(57-74-111)103-84-127(139-129(85-103)124-36-21-24-41-136(124)148-139)102-59-78-119-121-80-76-115(89-133(121)141(5,6)131(119)87-102)145(106-31-15-10-16-32-106)113-67-50-95(51-68-113)94-48-65-112(66-49-94)144(105-29-13-9-14-30-105)114-75-79-120-118-77-58-101(86-130(118)140(3,4)132(120)88-114)117-37-25-38-125-122-34-19-23-40-135(122)147-138(117)125/h8-89H,7H2,1-6H3. The number of hydrogen-bond donors (Lipinski definition) is 0. The predicted octanol–water partition coefficient (Wildman–Crippen LogP) is 41.5. The predicted molar refractivity (Wildman–Crippen MR) is 637 cm³/mol. The van der Waals surface area contributed by atoms with Gasteiger partial charge in [-0.1, -0.05) is 326 Å². The van der Waals surface area contributed by atoms with Gasteiger partial charge in [0.2, 0.25) is 0 Å². The molecule has 704 valence electrons. The van der Waals surface area contributed by atoms with Crippen LogP contribution in [0.1, 0.15) is 68.0 Å². The van der Waals surface area contributed by atoms with Gasteiger partial charge in [-0.15, -0.1) is 34.0 Å². The van der Waals surface area contributed by atoms with E-state index in [-0.39, 0.29) is 10.8 Å². The highest BCUT2D eigenvalue weighted by molar-refractivity contribution is 7.27. The van der Waals surface area contributed by atoms with Crippen molar-refractivity contribution in [1.29, 1.82) is 0 Å². The number of aryl methyl sites for hydroxylation is 2. The van der Waals surface area contributed by atoms with Crippen molar-refractivity contribution in [1.82, 2.24) is 0 Å². The number of para-hydroxylation sites is 3. The second kappa shape index (κ2) is 36.5. The molecule has 27 rings (SSSR count). The first kappa shape index (κ1) is 89.5. The normalized spacial score (nSPS) is 12.7. The van der Waals surface area contributed by atoms with Gasteiger partial charge < -0.3 is 19.6 Å².